The van der Waals surface area contributed by atoms with E-state index in [1.807, 2.05) is 0 Å². The molecule has 2 bridgehead atoms. The first kappa shape index (κ1) is 12.0. The summed E-state index contributed by atoms with van der Waals surface area (Å²) in [4.78, 5) is 0. The van der Waals surface area contributed by atoms with Crippen molar-refractivity contribution in [1.82, 2.24) is 0 Å². The molecule has 102 valence electrons. The highest BCUT2D eigenvalue weighted by atomic mass is 16.5. The molecule has 1 spiro atoms. The van der Waals surface area contributed by atoms with Crippen molar-refractivity contribution in [3.63, 3.8) is 0 Å². The summed E-state index contributed by atoms with van der Waals surface area (Å²) in [5.74, 6) is 2.46. The average molecular weight is 256 g/mol. The first-order chi connectivity index (χ1) is 9.15. The lowest BCUT2D eigenvalue weighted by Crippen LogP contribution is -2.36. The van der Waals surface area contributed by atoms with Crippen molar-refractivity contribution in [1.29, 1.82) is 0 Å². The minimum absolute atomic E-state index is 0.336. The molecule has 19 heavy (non-hydrogen) atoms. The molecular weight excluding hydrogens is 232 g/mol. The molecule has 1 heterocycles. The molecule has 5 atom stereocenters. The Labute approximate surface area is 116 Å². The quantitative estimate of drug-likeness (QED) is 0.737. The maximum absolute atomic E-state index is 5.95. The van der Waals surface area contributed by atoms with E-state index in [0.29, 0.717) is 10.8 Å². The van der Waals surface area contributed by atoms with Gasteiger partial charge in [-0.15, -0.1) is 0 Å². The number of hydrogen-bond donors (Lipinski definition) is 0. The van der Waals surface area contributed by atoms with Gasteiger partial charge in [0.25, 0.3) is 0 Å². The number of ether oxygens (including phenoxy) is 1. The summed E-state index contributed by atoms with van der Waals surface area (Å²) < 4.78 is 5.95. The van der Waals surface area contributed by atoms with Crippen LogP contribution in [0.3, 0.4) is 0 Å². The second kappa shape index (κ2) is 3.85. The summed E-state index contributed by atoms with van der Waals surface area (Å²) >= 11 is 0. The molecule has 1 heteroatoms. The Morgan fingerprint density at radius 3 is 2.74 bits per heavy atom. The average Bonchev–Trinajstić information content (AvgIpc) is 2.87. The van der Waals surface area contributed by atoms with Crippen LogP contribution in [0.4, 0.5) is 0 Å². The third-order valence-corrected chi connectivity index (χ3v) is 6.48. The summed E-state index contributed by atoms with van der Waals surface area (Å²) in [6.07, 6.45) is 4.19. The van der Waals surface area contributed by atoms with E-state index in [1.165, 1.54) is 19.3 Å². The van der Waals surface area contributed by atoms with Gasteiger partial charge in [0.2, 0.25) is 0 Å². The smallest absolute Gasteiger partial charge is 0.0526 e. The van der Waals surface area contributed by atoms with Gasteiger partial charge in [-0.3, -0.25) is 0 Å². The molecule has 1 nitrogen and oxygen atoms in total. The van der Waals surface area contributed by atoms with Crippen LogP contribution in [-0.2, 0) is 10.2 Å². The molecule has 1 aromatic carbocycles. The monoisotopic (exact) mass is 256 g/mol. The summed E-state index contributed by atoms with van der Waals surface area (Å²) in [5.41, 5.74) is 2.38. The van der Waals surface area contributed by atoms with Gasteiger partial charge in [0.15, 0.2) is 0 Å². The molecule has 2 saturated carbocycles. The minimum Gasteiger partial charge on any atom is -0.381 e. The molecule has 2 aliphatic carbocycles. The van der Waals surface area contributed by atoms with Gasteiger partial charge < -0.3 is 4.74 Å². The first-order valence-corrected chi connectivity index (χ1v) is 7.78. The van der Waals surface area contributed by atoms with Crippen LogP contribution < -0.4 is 0 Å². The van der Waals surface area contributed by atoms with Crippen LogP contribution in [0.2, 0.25) is 0 Å². The van der Waals surface area contributed by atoms with Gasteiger partial charge >= 0.3 is 0 Å². The number of hydrogen-bond acceptors (Lipinski definition) is 1. The SMILES string of the molecule is CC1C[C@H]2C[C@@]3(COC[C@@H]3[C@@]2(C)c2ccccc2)C1. The summed E-state index contributed by atoms with van der Waals surface area (Å²) in [6, 6.07) is 11.2. The molecule has 0 radical (unpaired) electrons. The van der Waals surface area contributed by atoms with E-state index in [9.17, 15) is 0 Å². The molecule has 0 N–H and O–H groups in total. The largest absolute Gasteiger partial charge is 0.381 e. The van der Waals surface area contributed by atoms with E-state index in [-0.39, 0.29) is 0 Å². The standard InChI is InChI=1S/C18H24O/c1-13-8-15-10-18(9-13)12-19-11-16(18)17(15,2)14-6-4-3-5-7-14/h3-7,13,15-16H,8-12H2,1-2H3/t13?,15-,16+,17-,18+/m0/s1. The molecule has 0 aromatic heterocycles. The fourth-order valence-electron chi connectivity index (χ4n) is 5.76. The molecule has 4 rings (SSSR count). The molecule has 3 fully saturated rings. The zero-order valence-electron chi connectivity index (χ0n) is 12.1. The van der Waals surface area contributed by atoms with Crippen LogP contribution in [0.15, 0.2) is 30.3 Å². The molecule has 1 aliphatic heterocycles. The zero-order valence-corrected chi connectivity index (χ0v) is 12.1. The molecule has 0 amide bonds. The molecule has 1 aromatic rings. The first-order valence-electron chi connectivity index (χ1n) is 7.78. The predicted octanol–water partition coefficient (Wildman–Crippen LogP) is 4.03. The van der Waals surface area contributed by atoms with Crippen LogP contribution in [0.25, 0.3) is 0 Å². The van der Waals surface area contributed by atoms with Crippen LogP contribution in [-0.4, -0.2) is 13.2 Å². The Morgan fingerprint density at radius 2 is 1.95 bits per heavy atom. The van der Waals surface area contributed by atoms with Crippen molar-refractivity contribution >= 4 is 0 Å². The third kappa shape index (κ3) is 1.45. The summed E-state index contributed by atoms with van der Waals surface area (Å²) in [5, 5.41) is 0. The van der Waals surface area contributed by atoms with Crippen molar-refractivity contribution in [3.05, 3.63) is 35.9 Å². The van der Waals surface area contributed by atoms with E-state index in [1.54, 1.807) is 5.56 Å². The van der Waals surface area contributed by atoms with Crippen molar-refractivity contribution in [2.75, 3.05) is 13.2 Å². The maximum Gasteiger partial charge on any atom is 0.0526 e. The van der Waals surface area contributed by atoms with E-state index >= 15 is 0 Å². The van der Waals surface area contributed by atoms with Crippen LogP contribution >= 0.6 is 0 Å². The maximum atomic E-state index is 5.95. The zero-order chi connectivity index (χ0) is 13.1. The lowest BCUT2D eigenvalue weighted by molar-refractivity contribution is 0.0893. The number of benzene rings is 1. The van der Waals surface area contributed by atoms with E-state index in [4.69, 9.17) is 4.74 Å². The number of rotatable bonds is 1. The lowest BCUT2D eigenvalue weighted by Gasteiger charge is -2.37. The van der Waals surface area contributed by atoms with Crippen LogP contribution in [0.1, 0.15) is 38.7 Å². The van der Waals surface area contributed by atoms with Crippen LogP contribution in [0.5, 0.6) is 0 Å². The Morgan fingerprint density at radius 1 is 1.16 bits per heavy atom. The molecule has 1 saturated heterocycles. The topological polar surface area (TPSA) is 9.23 Å². The highest BCUT2D eigenvalue weighted by Crippen LogP contribution is 2.67. The Kier molecular flexibility index (Phi) is 2.42. The fraction of sp³-hybridized carbons (Fsp3) is 0.667. The second-order valence-corrected chi connectivity index (χ2v) is 7.52. The van der Waals surface area contributed by atoms with Gasteiger partial charge in [-0.05, 0) is 42.6 Å². The highest BCUT2D eigenvalue weighted by molar-refractivity contribution is 5.32. The molecule has 3 aliphatic rings. The van der Waals surface area contributed by atoms with Crippen molar-refractivity contribution in [2.24, 2.45) is 23.2 Å². The van der Waals surface area contributed by atoms with Gasteiger partial charge in [-0.25, -0.2) is 0 Å². The molecule has 1 unspecified atom stereocenters. The number of fused-ring (bicyclic) bond motifs is 1. The van der Waals surface area contributed by atoms with Gasteiger partial charge in [-0.2, -0.15) is 0 Å². The Hall–Kier alpha value is -0.820. The second-order valence-electron chi connectivity index (χ2n) is 7.52. The Balaban J connectivity index is 1.84. The minimum atomic E-state index is 0.336. The van der Waals surface area contributed by atoms with Gasteiger partial charge in [0.1, 0.15) is 0 Å². The highest BCUT2D eigenvalue weighted by Gasteiger charge is 2.64. The fourth-order valence-corrected chi connectivity index (χ4v) is 5.76. The van der Waals surface area contributed by atoms with Crippen molar-refractivity contribution in [2.45, 2.75) is 38.5 Å². The van der Waals surface area contributed by atoms with Gasteiger partial charge in [0.05, 0.1) is 13.2 Å². The van der Waals surface area contributed by atoms with Gasteiger partial charge in [0, 0.05) is 10.8 Å². The normalized spacial score (nSPS) is 48.2. The van der Waals surface area contributed by atoms with E-state index in [0.717, 1.165) is 31.0 Å². The van der Waals surface area contributed by atoms with Crippen LogP contribution in [0, 0.1) is 23.2 Å². The summed E-state index contributed by atoms with van der Waals surface area (Å²) in [7, 11) is 0. The van der Waals surface area contributed by atoms with Crippen molar-refractivity contribution in [3.8, 4) is 0 Å². The Bertz CT molecular complexity index is 482. The third-order valence-electron chi connectivity index (χ3n) is 6.48. The van der Waals surface area contributed by atoms with E-state index < -0.39 is 0 Å². The van der Waals surface area contributed by atoms with Crippen molar-refractivity contribution < 1.29 is 4.74 Å². The molecular formula is C18H24O. The lowest BCUT2D eigenvalue weighted by atomic mass is 9.67. The summed E-state index contributed by atoms with van der Waals surface area (Å²) in [6.45, 7) is 6.96. The van der Waals surface area contributed by atoms with E-state index in [2.05, 4.69) is 44.2 Å². The van der Waals surface area contributed by atoms with Gasteiger partial charge in [-0.1, -0.05) is 44.2 Å². The predicted molar refractivity (Wildman–Crippen MR) is 77.0 cm³/mol.